The van der Waals surface area contributed by atoms with E-state index >= 15 is 0 Å². The highest BCUT2D eigenvalue weighted by molar-refractivity contribution is 6.04. The van der Waals surface area contributed by atoms with Crippen molar-refractivity contribution in [2.45, 2.75) is 18.8 Å². The van der Waals surface area contributed by atoms with E-state index in [4.69, 9.17) is 4.74 Å². The first-order valence-electron chi connectivity index (χ1n) is 9.99. The predicted octanol–water partition coefficient (Wildman–Crippen LogP) is 3.30. The second kappa shape index (κ2) is 9.09. The maximum Gasteiger partial charge on any atom is 0.339 e. The summed E-state index contributed by atoms with van der Waals surface area (Å²) in [5.41, 5.74) is 1.89. The minimum atomic E-state index is -1.10. The zero-order valence-corrected chi connectivity index (χ0v) is 16.9. The third-order valence-corrected chi connectivity index (χ3v) is 4.94. The zero-order chi connectivity index (χ0) is 22.7. The summed E-state index contributed by atoms with van der Waals surface area (Å²) < 4.78 is 31.2. The topological polar surface area (TPSA) is 97.4 Å². The van der Waals surface area contributed by atoms with Gasteiger partial charge in [-0.2, -0.15) is 0 Å². The van der Waals surface area contributed by atoms with Crippen LogP contribution < -0.4 is 10.6 Å². The van der Waals surface area contributed by atoms with E-state index in [-0.39, 0.29) is 5.69 Å². The SMILES string of the molecule is O=C(COC(=O)c1cc(C2CC2)nc2ccccc12)NCC(=O)Nc1ccc(F)c(F)c1. The van der Waals surface area contributed by atoms with E-state index in [2.05, 4.69) is 15.6 Å². The molecule has 0 unspecified atom stereocenters. The molecule has 0 bridgehead atoms. The molecule has 32 heavy (non-hydrogen) atoms. The molecule has 164 valence electrons. The van der Waals surface area contributed by atoms with E-state index in [1.54, 1.807) is 18.2 Å². The van der Waals surface area contributed by atoms with Crippen LogP contribution in [0.1, 0.15) is 34.8 Å². The van der Waals surface area contributed by atoms with E-state index in [1.165, 1.54) is 6.07 Å². The highest BCUT2D eigenvalue weighted by Crippen LogP contribution is 2.40. The van der Waals surface area contributed by atoms with E-state index in [9.17, 15) is 23.2 Å². The number of carbonyl (C=O) groups excluding carboxylic acids is 3. The molecule has 2 N–H and O–H groups in total. The number of pyridine rings is 1. The number of para-hydroxylation sites is 1. The molecule has 1 aliphatic rings. The number of nitrogens with zero attached hydrogens (tertiary/aromatic N) is 1. The lowest BCUT2D eigenvalue weighted by Crippen LogP contribution is -2.35. The standard InChI is InChI=1S/C23H19F2N3O4/c24-17-8-7-14(9-18(17)25)27-21(29)11-26-22(30)12-32-23(31)16-10-20(13-5-6-13)28-19-4-2-1-3-15(16)19/h1-4,7-10,13H,5-6,11-12H2,(H,26,30)(H,27,29). The Labute approximate surface area is 181 Å². The van der Waals surface area contributed by atoms with Crippen LogP contribution in [0.2, 0.25) is 0 Å². The normalized spacial score (nSPS) is 12.9. The van der Waals surface area contributed by atoms with Gasteiger partial charge in [0.15, 0.2) is 18.2 Å². The fourth-order valence-corrected chi connectivity index (χ4v) is 3.17. The predicted molar refractivity (Wildman–Crippen MR) is 112 cm³/mol. The highest BCUT2D eigenvalue weighted by Gasteiger charge is 2.27. The molecule has 0 atom stereocenters. The van der Waals surface area contributed by atoms with Gasteiger partial charge in [-0.3, -0.25) is 14.6 Å². The number of hydrogen-bond donors (Lipinski definition) is 2. The molecule has 0 spiro atoms. The molecule has 2 amide bonds. The molecule has 9 heteroatoms. The third kappa shape index (κ3) is 5.05. The molecular weight excluding hydrogens is 420 g/mol. The molecule has 7 nitrogen and oxygen atoms in total. The number of ether oxygens (including phenoxy) is 1. The Morgan fingerprint density at radius 2 is 1.78 bits per heavy atom. The number of benzene rings is 2. The van der Waals surface area contributed by atoms with Crippen molar-refractivity contribution in [1.29, 1.82) is 0 Å². The van der Waals surface area contributed by atoms with Gasteiger partial charge in [0.05, 0.1) is 17.6 Å². The number of hydrogen-bond acceptors (Lipinski definition) is 5. The van der Waals surface area contributed by atoms with Crippen molar-refractivity contribution in [3.8, 4) is 0 Å². The van der Waals surface area contributed by atoms with Gasteiger partial charge in [-0.1, -0.05) is 18.2 Å². The number of nitrogens with one attached hydrogen (secondary N) is 2. The summed E-state index contributed by atoms with van der Waals surface area (Å²) in [7, 11) is 0. The number of esters is 1. The average Bonchev–Trinajstić information content (AvgIpc) is 3.63. The van der Waals surface area contributed by atoms with Crippen LogP contribution in [0.4, 0.5) is 14.5 Å². The van der Waals surface area contributed by atoms with E-state index in [1.807, 2.05) is 12.1 Å². The molecule has 1 aromatic heterocycles. The number of anilines is 1. The van der Waals surface area contributed by atoms with E-state index < -0.39 is 42.6 Å². The van der Waals surface area contributed by atoms with Crippen molar-refractivity contribution in [1.82, 2.24) is 10.3 Å². The van der Waals surface area contributed by atoms with Gasteiger partial charge in [0.1, 0.15) is 0 Å². The van der Waals surface area contributed by atoms with Crippen molar-refractivity contribution >= 4 is 34.4 Å². The van der Waals surface area contributed by atoms with Crippen LogP contribution >= 0.6 is 0 Å². The van der Waals surface area contributed by atoms with Crippen molar-refractivity contribution < 1.29 is 27.9 Å². The smallest absolute Gasteiger partial charge is 0.339 e. The highest BCUT2D eigenvalue weighted by atomic mass is 19.2. The van der Waals surface area contributed by atoms with E-state index in [0.29, 0.717) is 22.4 Å². The molecular formula is C23H19F2N3O4. The zero-order valence-electron chi connectivity index (χ0n) is 16.9. The summed E-state index contributed by atoms with van der Waals surface area (Å²) in [5, 5.41) is 5.26. The van der Waals surface area contributed by atoms with Crippen molar-refractivity contribution in [2.75, 3.05) is 18.5 Å². The van der Waals surface area contributed by atoms with E-state index in [0.717, 1.165) is 30.7 Å². The third-order valence-electron chi connectivity index (χ3n) is 4.94. The van der Waals surface area contributed by atoms with Crippen LogP contribution in [0.15, 0.2) is 48.5 Å². The molecule has 1 saturated carbocycles. The summed E-state index contributed by atoms with van der Waals surface area (Å²) in [6.07, 6.45) is 2.05. The van der Waals surface area contributed by atoms with Gasteiger partial charge >= 0.3 is 5.97 Å². The Morgan fingerprint density at radius 1 is 1.00 bits per heavy atom. The van der Waals surface area contributed by atoms with Gasteiger partial charge in [0.2, 0.25) is 5.91 Å². The van der Waals surface area contributed by atoms with Gasteiger partial charge < -0.3 is 15.4 Å². The van der Waals surface area contributed by atoms with Crippen LogP contribution in [0.5, 0.6) is 0 Å². The molecule has 3 aromatic rings. The minimum absolute atomic E-state index is 0.0469. The molecule has 0 aliphatic heterocycles. The Morgan fingerprint density at radius 3 is 2.53 bits per heavy atom. The van der Waals surface area contributed by atoms with Gasteiger partial charge in [-0.05, 0) is 37.1 Å². The second-order valence-corrected chi connectivity index (χ2v) is 7.42. The number of rotatable bonds is 7. The van der Waals surface area contributed by atoms with Crippen LogP contribution in [0.25, 0.3) is 10.9 Å². The first-order valence-corrected chi connectivity index (χ1v) is 9.99. The Balaban J connectivity index is 1.32. The minimum Gasteiger partial charge on any atom is -0.452 e. The van der Waals surface area contributed by atoms with Gasteiger partial charge in [0, 0.05) is 28.8 Å². The summed E-state index contributed by atoms with van der Waals surface area (Å²) in [5.74, 6) is -3.80. The largest absolute Gasteiger partial charge is 0.452 e. The summed E-state index contributed by atoms with van der Waals surface area (Å²) in [4.78, 5) is 41.1. The lowest BCUT2D eigenvalue weighted by molar-refractivity contribution is -0.126. The Hall–Kier alpha value is -3.88. The fourth-order valence-electron chi connectivity index (χ4n) is 3.17. The fraction of sp³-hybridized carbons (Fsp3) is 0.217. The van der Waals surface area contributed by atoms with Crippen LogP contribution in [-0.4, -0.2) is 35.9 Å². The molecule has 1 fully saturated rings. The first kappa shape index (κ1) is 21.4. The molecule has 0 radical (unpaired) electrons. The summed E-state index contributed by atoms with van der Waals surface area (Å²) in [6.45, 7) is -1.01. The quantitative estimate of drug-likeness (QED) is 0.551. The maximum absolute atomic E-state index is 13.2. The van der Waals surface area contributed by atoms with Crippen LogP contribution in [0.3, 0.4) is 0 Å². The van der Waals surface area contributed by atoms with Crippen molar-refractivity contribution in [2.24, 2.45) is 0 Å². The molecule has 1 aliphatic carbocycles. The van der Waals surface area contributed by atoms with Gasteiger partial charge in [-0.25, -0.2) is 13.6 Å². The first-order chi connectivity index (χ1) is 15.4. The lowest BCUT2D eigenvalue weighted by atomic mass is 10.1. The average molecular weight is 439 g/mol. The van der Waals surface area contributed by atoms with Crippen molar-refractivity contribution in [3.63, 3.8) is 0 Å². The second-order valence-electron chi connectivity index (χ2n) is 7.42. The Kier molecular flexibility index (Phi) is 6.07. The monoisotopic (exact) mass is 439 g/mol. The molecule has 2 aromatic carbocycles. The number of fused-ring (bicyclic) bond motifs is 1. The lowest BCUT2D eigenvalue weighted by Gasteiger charge is -2.10. The number of carbonyl (C=O) groups is 3. The van der Waals surface area contributed by atoms with Crippen LogP contribution in [0, 0.1) is 11.6 Å². The van der Waals surface area contributed by atoms with Crippen molar-refractivity contribution in [3.05, 3.63) is 71.4 Å². The van der Waals surface area contributed by atoms with Gasteiger partial charge in [0.25, 0.3) is 5.91 Å². The number of aromatic nitrogens is 1. The van der Waals surface area contributed by atoms with Gasteiger partial charge in [-0.15, -0.1) is 0 Å². The number of amides is 2. The Bertz CT molecular complexity index is 1210. The maximum atomic E-state index is 13.2. The number of halogens is 2. The molecule has 0 saturated heterocycles. The summed E-state index contributed by atoms with van der Waals surface area (Å²) >= 11 is 0. The summed E-state index contributed by atoms with van der Waals surface area (Å²) in [6, 6.07) is 11.8. The molecule has 1 heterocycles. The molecule has 4 rings (SSSR count). The van der Waals surface area contributed by atoms with Crippen LogP contribution in [-0.2, 0) is 14.3 Å².